The van der Waals surface area contributed by atoms with Crippen molar-refractivity contribution in [2.45, 2.75) is 6.92 Å². The fourth-order valence-corrected chi connectivity index (χ4v) is 1.52. The highest BCUT2D eigenvalue weighted by atomic mass is 32.1. The van der Waals surface area contributed by atoms with E-state index < -0.39 is 0 Å². The van der Waals surface area contributed by atoms with E-state index in [9.17, 15) is 4.39 Å². The Morgan fingerprint density at radius 3 is 2.62 bits per heavy atom. The molecular weight excluding hydrogens is 185 g/mol. The molecule has 72 valence electrons. The molecular formula is C10H14FNS. The maximum Gasteiger partial charge on any atom is 0.146 e. The summed E-state index contributed by atoms with van der Waals surface area (Å²) < 4.78 is 13.3. The molecule has 0 spiro atoms. The third kappa shape index (κ3) is 2.62. The van der Waals surface area contributed by atoms with Crippen LogP contribution in [0.1, 0.15) is 6.92 Å². The number of para-hydroxylation sites is 1. The summed E-state index contributed by atoms with van der Waals surface area (Å²) in [5.41, 5.74) is 0.666. The maximum absolute atomic E-state index is 13.3. The molecule has 1 rings (SSSR count). The highest BCUT2D eigenvalue weighted by molar-refractivity contribution is 7.80. The fraction of sp³-hybridized carbons (Fsp3) is 0.400. The average Bonchev–Trinajstić information content (AvgIpc) is 2.16. The molecule has 0 aromatic heterocycles. The summed E-state index contributed by atoms with van der Waals surface area (Å²) in [5.74, 6) is 0.577. The van der Waals surface area contributed by atoms with Crippen LogP contribution in [0.25, 0.3) is 0 Å². The standard InChI is InChI=1S/C10H14FNS/c1-2-12(7-8-13)10-6-4-3-5-9(10)11/h3-6,13H,2,7-8H2,1H3. The van der Waals surface area contributed by atoms with Crippen LogP contribution in [-0.2, 0) is 0 Å². The van der Waals surface area contributed by atoms with Crippen molar-refractivity contribution in [3.8, 4) is 0 Å². The lowest BCUT2D eigenvalue weighted by Gasteiger charge is -2.22. The van der Waals surface area contributed by atoms with Crippen molar-refractivity contribution in [1.29, 1.82) is 0 Å². The molecule has 0 heterocycles. The minimum absolute atomic E-state index is 0.161. The second kappa shape index (κ2) is 5.12. The van der Waals surface area contributed by atoms with E-state index in [1.807, 2.05) is 17.9 Å². The molecule has 3 heteroatoms. The van der Waals surface area contributed by atoms with Crippen LogP contribution >= 0.6 is 12.6 Å². The number of thiol groups is 1. The second-order valence-corrected chi connectivity index (χ2v) is 3.20. The summed E-state index contributed by atoms with van der Waals surface area (Å²) in [6.07, 6.45) is 0. The third-order valence-corrected chi connectivity index (χ3v) is 2.14. The minimum atomic E-state index is -0.161. The van der Waals surface area contributed by atoms with Gasteiger partial charge < -0.3 is 4.90 Å². The largest absolute Gasteiger partial charge is 0.369 e. The SMILES string of the molecule is CCN(CCS)c1ccccc1F. The predicted octanol–water partition coefficient (Wildman–Crippen LogP) is 2.58. The summed E-state index contributed by atoms with van der Waals surface area (Å²) in [6, 6.07) is 6.83. The van der Waals surface area contributed by atoms with Crippen molar-refractivity contribution >= 4 is 18.3 Å². The number of nitrogens with zero attached hydrogens (tertiary/aromatic N) is 1. The molecule has 0 aliphatic heterocycles. The van der Waals surface area contributed by atoms with Crippen molar-refractivity contribution in [1.82, 2.24) is 0 Å². The summed E-state index contributed by atoms with van der Waals surface area (Å²) in [4.78, 5) is 1.97. The summed E-state index contributed by atoms with van der Waals surface area (Å²) in [6.45, 7) is 3.60. The molecule has 0 amide bonds. The van der Waals surface area contributed by atoms with Gasteiger partial charge in [-0.1, -0.05) is 12.1 Å². The molecule has 1 nitrogen and oxygen atoms in total. The fourth-order valence-electron chi connectivity index (χ4n) is 1.28. The van der Waals surface area contributed by atoms with E-state index in [0.717, 1.165) is 18.8 Å². The van der Waals surface area contributed by atoms with Gasteiger partial charge in [-0.05, 0) is 19.1 Å². The van der Waals surface area contributed by atoms with Gasteiger partial charge in [0.1, 0.15) is 5.82 Å². The average molecular weight is 199 g/mol. The summed E-state index contributed by atoms with van der Waals surface area (Å²) in [7, 11) is 0. The molecule has 0 radical (unpaired) electrons. The first-order chi connectivity index (χ1) is 6.29. The van der Waals surface area contributed by atoms with Crippen molar-refractivity contribution in [3.05, 3.63) is 30.1 Å². The number of benzene rings is 1. The van der Waals surface area contributed by atoms with Crippen LogP contribution in [0.15, 0.2) is 24.3 Å². The van der Waals surface area contributed by atoms with Gasteiger partial charge in [-0.15, -0.1) is 0 Å². The van der Waals surface area contributed by atoms with E-state index in [1.54, 1.807) is 12.1 Å². The molecule has 1 aromatic carbocycles. The molecule has 0 aliphatic rings. The molecule has 0 bridgehead atoms. The van der Waals surface area contributed by atoms with E-state index in [-0.39, 0.29) is 5.82 Å². The molecule has 1 aromatic rings. The number of halogens is 1. The van der Waals surface area contributed by atoms with Crippen molar-refractivity contribution in [2.75, 3.05) is 23.7 Å². The Hall–Kier alpha value is -0.700. The number of hydrogen-bond acceptors (Lipinski definition) is 2. The molecule has 0 aliphatic carbocycles. The van der Waals surface area contributed by atoms with Gasteiger partial charge in [-0.2, -0.15) is 12.6 Å². The van der Waals surface area contributed by atoms with Crippen LogP contribution in [0.5, 0.6) is 0 Å². The van der Waals surface area contributed by atoms with E-state index >= 15 is 0 Å². The van der Waals surface area contributed by atoms with Crippen molar-refractivity contribution in [2.24, 2.45) is 0 Å². The van der Waals surface area contributed by atoms with E-state index in [1.165, 1.54) is 6.07 Å². The normalized spacial score (nSPS) is 10.1. The van der Waals surface area contributed by atoms with Gasteiger partial charge in [0.25, 0.3) is 0 Å². The first-order valence-corrected chi connectivity index (χ1v) is 5.03. The maximum atomic E-state index is 13.3. The van der Waals surface area contributed by atoms with Gasteiger partial charge in [0.15, 0.2) is 0 Å². The lowest BCUT2D eigenvalue weighted by molar-refractivity contribution is 0.620. The second-order valence-electron chi connectivity index (χ2n) is 2.75. The minimum Gasteiger partial charge on any atom is -0.369 e. The molecule has 0 saturated heterocycles. The third-order valence-electron chi connectivity index (χ3n) is 1.94. The Labute approximate surface area is 84.0 Å². The number of anilines is 1. The zero-order valence-electron chi connectivity index (χ0n) is 7.70. The molecule has 0 saturated carbocycles. The summed E-state index contributed by atoms with van der Waals surface area (Å²) >= 11 is 4.13. The Morgan fingerprint density at radius 2 is 2.08 bits per heavy atom. The van der Waals surface area contributed by atoms with Crippen LogP contribution < -0.4 is 4.90 Å². The van der Waals surface area contributed by atoms with Crippen LogP contribution in [0.2, 0.25) is 0 Å². The van der Waals surface area contributed by atoms with Crippen LogP contribution in [-0.4, -0.2) is 18.8 Å². The van der Waals surface area contributed by atoms with Crippen molar-refractivity contribution < 1.29 is 4.39 Å². The van der Waals surface area contributed by atoms with Gasteiger partial charge in [0, 0.05) is 18.8 Å². The Balaban J connectivity index is 2.84. The topological polar surface area (TPSA) is 3.24 Å². The Morgan fingerprint density at radius 1 is 1.38 bits per heavy atom. The van der Waals surface area contributed by atoms with Gasteiger partial charge in [-0.25, -0.2) is 4.39 Å². The van der Waals surface area contributed by atoms with Gasteiger partial charge in [0.2, 0.25) is 0 Å². The smallest absolute Gasteiger partial charge is 0.146 e. The van der Waals surface area contributed by atoms with Crippen LogP contribution in [0.4, 0.5) is 10.1 Å². The zero-order chi connectivity index (χ0) is 9.68. The van der Waals surface area contributed by atoms with Crippen LogP contribution in [0, 0.1) is 5.82 Å². The first kappa shape index (κ1) is 10.4. The quantitative estimate of drug-likeness (QED) is 0.729. The van der Waals surface area contributed by atoms with E-state index in [0.29, 0.717) is 5.69 Å². The van der Waals surface area contributed by atoms with Gasteiger partial charge in [0.05, 0.1) is 5.69 Å². The Kier molecular flexibility index (Phi) is 4.09. The predicted molar refractivity (Wildman–Crippen MR) is 58.1 cm³/mol. The molecule has 0 N–H and O–H groups in total. The van der Waals surface area contributed by atoms with Crippen LogP contribution in [0.3, 0.4) is 0 Å². The van der Waals surface area contributed by atoms with E-state index in [4.69, 9.17) is 0 Å². The lowest BCUT2D eigenvalue weighted by Crippen LogP contribution is -2.25. The number of hydrogen-bond donors (Lipinski definition) is 1. The molecule has 0 fully saturated rings. The summed E-state index contributed by atoms with van der Waals surface area (Å²) in [5, 5.41) is 0. The number of rotatable bonds is 4. The highest BCUT2D eigenvalue weighted by Crippen LogP contribution is 2.17. The first-order valence-electron chi connectivity index (χ1n) is 4.40. The molecule has 13 heavy (non-hydrogen) atoms. The molecule has 0 atom stereocenters. The molecule has 0 unspecified atom stereocenters. The van der Waals surface area contributed by atoms with Gasteiger partial charge in [-0.3, -0.25) is 0 Å². The van der Waals surface area contributed by atoms with E-state index in [2.05, 4.69) is 12.6 Å². The highest BCUT2D eigenvalue weighted by Gasteiger charge is 2.07. The van der Waals surface area contributed by atoms with Crippen molar-refractivity contribution in [3.63, 3.8) is 0 Å². The Bertz CT molecular complexity index is 265. The van der Waals surface area contributed by atoms with Gasteiger partial charge >= 0.3 is 0 Å². The monoisotopic (exact) mass is 199 g/mol. The lowest BCUT2D eigenvalue weighted by atomic mass is 10.2. The zero-order valence-corrected chi connectivity index (χ0v) is 8.60.